The van der Waals surface area contributed by atoms with E-state index in [4.69, 9.17) is 0 Å². The maximum absolute atomic E-state index is 2.49. The monoisotopic (exact) mass is 954 g/mol. The Morgan fingerprint density at radius 1 is 0.173 bits per heavy atom. The minimum atomic E-state index is -0.607. The lowest BCUT2D eigenvalue weighted by atomic mass is 9.70. The van der Waals surface area contributed by atoms with E-state index in [1.165, 1.54) is 89.0 Å². The standard InChI is InChI=1S/C73H50N2/c1-5-17-51(18-6-1)55-29-37-59(38-30-55)74(60-39-31-56(32-40-60)52-19-7-2-8-20-52)63-45-47-67-68-48-46-64(50-72(68)73(71(67)49-63)69-27-15-13-25-65(69)66-26-14-16-28-70(66)73)75(61-41-33-57(34-42-61)53-21-9-3-10-22-53)62-43-35-58(36-44-62)54-23-11-4-12-24-54/h1-50H. The molecule has 0 amide bonds. The predicted molar refractivity (Wildman–Crippen MR) is 314 cm³/mol. The van der Waals surface area contributed by atoms with E-state index < -0.39 is 5.41 Å². The Labute approximate surface area is 439 Å². The average Bonchev–Trinajstić information content (AvgIpc) is 4.10. The molecular formula is C73H50N2. The number of hydrogen-bond donors (Lipinski definition) is 0. The summed E-state index contributed by atoms with van der Waals surface area (Å²) < 4.78 is 0. The molecule has 2 nitrogen and oxygen atoms in total. The van der Waals surface area contributed by atoms with Gasteiger partial charge in [-0.3, -0.25) is 0 Å². The van der Waals surface area contributed by atoms with Crippen molar-refractivity contribution in [1.82, 2.24) is 0 Å². The van der Waals surface area contributed by atoms with Crippen molar-refractivity contribution in [3.63, 3.8) is 0 Å². The van der Waals surface area contributed by atoms with E-state index in [0.717, 1.165) is 34.1 Å². The predicted octanol–water partition coefficient (Wildman–Crippen LogP) is 19.6. The molecular weight excluding hydrogens is 905 g/mol. The molecule has 0 aromatic heterocycles. The number of benzene rings is 12. The minimum absolute atomic E-state index is 0.607. The first-order valence-corrected chi connectivity index (χ1v) is 25.9. The normalized spacial score (nSPS) is 12.4. The first kappa shape index (κ1) is 44.0. The van der Waals surface area contributed by atoms with Crippen LogP contribution in [0.1, 0.15) is 22.3 Å². The van der Waals surface area contributed by atoms with Crippen LogP contribution in [0.4, 0.5) is 34.1 Å². The molecule has 0 unspecified atom stereocenters. The Kier molecular flexibility index (Phi) is 10.8. The third-order valence-corrected chi connectivity index (χ3v) is 15.5. The number of anilines is 6. The van der Waals surface area contributed by atoms with E-state index in [2.05, 4.69) is 313 Å². The number of hydrogen-bond acceptors (Lipinski definition) is 2. The lowest BCUT2D eigenvalue weighted by Gasteiger charge is -2.33. The molecule has 14 rings (SSSR count). The van der Waals surface area contributed by atoms with Crippen LogP contribution in [0.25, 0.3) is 66.8 Å². The van der Waals surface area contributed by atoms with Crippen LogP contribution in [-0.4, -0.2) is 0 Å². The maximum Gasteiger partial charge on any atom is 0.0727 e. The van der Waals surface area contributed by atoms with Gasteiger partial charge in [-0.2, -0.15) is 0 Å². The lowest BCUT2D eigenvalue weighted by molar-refractivity contribution is 0.793. The zero-order valence-electron chi connectivity index (χ0n) is 41.3. The Morgan fingerprint density at radius 2 is 0.400 bits per heavy atom. The highest BCUT2D eigenvalue weighted by molar-refractivity contribution is 5.98. The van der Waals surface area contributed by atoms with Gasteiger partial charge in [0.05, 0.1) is 5.41 Å². The van der Waals surface area contributed by atoms with E-state index in [-0.39, 0.29) is 0 Å². The zero-order chi connectivity index (χ0) is 49.7. The van der Waals surface area contributed by atoms with Gasteiger partial charge in [-0.1, -0.05) is 231 Å². The molecule has 0 atom stereocenters. The smallest absolute Gasteiger partial charge is 0.0727 e. The van der Waals surface area contributed by atoms with Crippen LogP contribution in [-0.2, 0) is 5.41 Å². The Hall–Kier alpha value is -9.76. The topological polar surface area (TPSA) is 6.48 Å². The van der Waals surface area contributed by atoms with Crippen LogP contribution >= 0.6 is 0 Å². The molecule has 12 aromatic rings. The molecule has 2 heteroatoms. The van der Waals surface area contributed by atoms with E-state index in [9.17, 15) is 0 Å². The molecule has 0 saturated heterocycles. The first-order valence-electron chi connectivity index (χ1n) is 25.9. The SMILES string of the molecule is c1ccc(-c2ccc(N(c3ccc(-c4ccccc4)cc3)c3ccc4c(c3)C3(c5ccccc5-c5ccccc53)c3cc(N(c5ccc(-c6ccccc6)cc5)c5ccc(-c6ccccc6)cc5)ccc3-4)cc2)cc1. The highest BCUT2D eigenvalue weighted by Crippen LogP contribution is 2.64. The molecule has 75 heavy (non-hydrogen) atoms. The van der Waals surface area contributed by atoms with Gasteiger partial charge in [0.2, 0.25) is 0 Å². The summed E-state index contributed by atoms with van der Waals surface area (Å²) in [7, 11) is 0. The molecule has 0 fully saturated rings. The van der Waals surface area contributed by atoms with Gasteiger partial charge in [-0.05, 0) is 162 Å². The lowest BCUT2D eigenvalue weighted by Crippen LogP contribution is -2.26. The summed E-state index contributed by atoms with van der Waals surface area (Å²) in [5, 5.41) is 0. The van der Waals surface area contributed by atoms with E-state index in [1.807, 2.05) is 0 Å². The Balaban J connectivity index is 0.957. The van der Waals surface area contributed by atoms with Crippen molar-refractivity contribution >= 4 is 34.1 Å². The van der Waals surface area contributed by atoms with Crippen LogP contribution < -0.4 is 9.80 Å². The third kappa shape index (κ3) is 7.49. The van der Waals surface area contributed by atoms with Crippen molar-refractivity contribution in [2.45, 2.75) is 5.41 Å². The average molecular weight is 955 g/mol. The molecule has 2 aliphatic rings. The first-order chi connectivity index (χ1) is 37.2. The molecule has 352 valence electrons. The van der Waals surface area contributed by atoms with Crippen molar-refractivity contribution in [1.29, 1.82) is 0 Å². The molecule has 1 spiro atoms. The Bertz CT molecular complexity index is 3570. The van der Waals surface area contributed by atoms with E-state index in [1.54, 1.807) is 0 Å². The Morgan fingerprint density at radius 3 is 0.693 bits per heavy atom. The number of nitrogens with zero attached hydrogens (tertiary/aromatic N) is 2. The van der Waals surface area contributed by atoms with E-state index in [0.29, 0.717) is 0 Å². The van der Waals surface area contributed by atoms with Gasteiger partial charge < -0.3 is 9.80 Å². The summed E-state index contributed by atoms with van der Waals surface area (Å²) in [5.41, 5.74) is 25.7. The second-order valence-corrected chi connectivity index (χ2v) is 19.6. The summed E-state index contributed by atoms with van der Waals surface area (Å²) in [6, 6.07) is 111. The zero-order valence-corrected chi connectivity index (χ0v) is 41.3. The van der Waals surface area contributed by atoms with Crippen molar-refractivity contribution in [2.75, 3.05) is 9.80 Å². The molecule has 0 heterocycles. The van der Waals surface area contributed by atoms with Crippen molar-refractivity contribution in [2.24, 2.45) is 0 Å². The molecule has 0 bridgehead atoms. The fraction of sp³-hybridized carbons (Fsp3) is 0.0137. The highest BCUT2D eigenvalue weighted by atomic mass is 15.1. The maximum atomic E-state index is 2.49. The second-order valence-electron chi connectivity index (χ2n) is 19.6. The van der Waals surface area contributed by atoms with E-state index >= 15 is 0 Å². The fourth-order valence-corrected chi connectivity index (χ4v) is 12.0. The van der Waals surface area contributed by atoms with Crippen molar-refractivity contribution in [3.05, 3.63) is 326 Å². The summed E-state index contributed by atoms with van der Waals surface area (Å²) in [5.74, 6) is 0. The van der Waals surface area contributed by atoms with Gasteiger partial charge >= 0.3 is 0 Å². The molecule has 12 aromatic carbocycles. The highest BCUT2D eigenvalue weighted by Gasteiger charge is 2.52. The van der Waals surface area contributed by atoms with Crippen LogP contribution in [0.3, 0.4) is 0 Å². The summed E-state index contributed by atoms with van der Waals surface area (Å²) in [6.45, 7) is 0. The molecule has 0 N–H and O–H groups in total. The fourth-order valence-electron chi connectivity index (χ4n) is 12.0. The van der Waals surface area contributed by atoms with Crippen molar-refractivity contribution in [3.8, 4) is 66.8 Å². The summed E-state index contributed by atoms with van der Waals surface area (Å²) in [6.07, 6.45) is 0. The van der Waals surface area contributed by atoms with Crippen LogP contribution in [0, 0.1) is 0 Å². The summed E-state index contributed by atoms with van der Waals surface area (Å²) >= 11 is 0. The van der Waals surface area contributed by atoms with Gasteiger partial charge in [0, 0.05) is 34.1 Å². The van der Waals surface area contributed by atoms with Gasteiger partial charge in [-0.15, -0.1) is 0 Å². The quantitative estimate of drug-likeness (QED) is 0.135. The van der Waals surface area contributed by atoms with Gasteiger partial charge in [0.25, 0.3) is 0 Å². The van der Waals surface area contributed by atoms with Crippen LogP contribution in [0.5, 0.6) is 0 Å². The third-order valence-electron chi connectivity index (χ3n) is 15.5. The van der Waals surface area contributed by atoms with Gasteiger partial charge in [0.1, 0.15) is 0 Å². The second kappa shape index (κ2) is 18.4. The molecule has 2 aliphatic carbocycles. The molecule has 0 aliphatic heterocycles. The minimum Gasteiger partial charge on any atom is -0.310 e. The molecule has 0 radical (unpaired) electrons. The van der Waals surface area contributed by atoms with Crippen LogP contribution in [0.15, 0.2) is 303 Å². The summed E-state index contributed by atoms with van der Waals surface area (Å²) in [4.78, 5) is 4.86. The number of fused-ring (bicyclic) bond motifs is 10. The van der Waals surface area contributed by atoms with Gasteiger partial charge in [0.15, 0.2) is 0 Å². The number of rotatable bonds is 10. The van der Waals surface area contributed by atoms with Crippen LogP contribution in [0.2, 0.25) is 0 Å². The largest absolute Gasteiger partial charge is 0.310 e. The molecule has 0 saturated carbocycles. The van der Waals surface area contributed by atoms with Crippen molar-refractivity contribution < 1.29 is 0 Å². The van der Waals surface area contributed by atoms with Gasteiger partial charge in [-0.25, -0.2) is 0 Å².